The number of carbonyl (C=O) groups is 2. The number of fused-ring (bicyclic) bond motifs is 1. The summed E-state index contributed by atoms with van der Waals surface area (Å²) in [4.78, 5) is 28.1. The van der Waals surface area contributed by atoms with Crippen LogP contribution in [-0.2, 0) is 9.53 Å². The zero-order valence-electron chi connectivity index (χ0n) is 16.7. The number of aromatic nitrogens is 4. The van der Waals surface area contributed by atoms with Gasteiger partial charge in [-0.15, -0.1) is 0 Å². The van der Waals surface area contributed by atoms with Crippen molar-refractivity contribution in [3.8, 4) is 0 Å². The maximum atomic E-state index is 13.5. The van der Waals surface area contributed by atoms with Crippen molar-refractivity contribution in [3.05, 3.63) is 77.0 Å². The molecule has 0 radical (unpaired) electrons. The second-order valence-electron chi connectivity index (χ2n) is 6.94. The highest BCUT2D eigenvalue weighted by molar-refractivity contribution is 6.14. The summed E-state index contributed by atoms with van der Waals surface area (Å²) in [6.07, 6.45) is 0. The molecule has 4 rings (SSSR count). The van der Waals surface area contributed by atoms with Crippen LogP contribution in [-0.4, -0.2) is 53.2 Å². The first kappa shape index (κ1) is 19.3. The molecule has 1 aromatic heterocycles. The number of ketones is 1. The number of ether oxygens (including phenoxy) is 1. The molecule has 0 bridgehead atoms. The lowest BCUT2D eigenvalue weighted by Crippen LogP contribution is -2.33. The molecule has 0 fully saturated rings. The molecular formula is C21H20N6O3. The van der Waals surface area contributed by atoms with E-state index in [0.29, 0.717) is 5.56 Å². The van der Waals surface area contributed by atoms with Crippen LogP contribution in [0.4, 0.5) is 11.6 Å². The van der Waals surface area contributed by atoms with E-state index in [1.165, 1.54) is 11.8 Å². The maximum absolute atomic E-state index is 13.5. The quantitative estimate of drug-likeness (QED) is 0.509. The average molecular weight is 404 g/mol. The fraction of sp³-hybridized carbons (Fsp3) is 0.190. The third-order valence-electron chi connectivity index (χ3n) is 4.91. The van der Waals surface area contributed by atoms with E-state index in [4.69, 9.17) is 4.74 Å². The lowest BCUT2D eigenvalue weighted by Gasteiger charge is -2.28. The number of Topliss-reactive ketones (excluding diaryl/α,β-unsaturated/α-hetero) is 1. The van der Waals surface area contributed by atoms with Gasteiger partial charge in [0.1, 0.15) is 11.7 Å². The Labute approximate surface area is 172 Å². The summed E-state index contributed by atoms with van der Waals surface area (Å²) in [6.45, 7) is 0. The van der Waals surface area contributed by atoms with Crippen LogP contribution in [0.1, 0.15) is 22.0 Å². The zero-order valence-corrected chi connectivity index (χ0v) is 16.7. The molecular weight excluding hydrogens is 384 g/mol. The Balaban J connectivity index is 1.92. The third kappa shape index (κ3) is 3.30. The van der Waals surface area contributed by atoms with Crippen LogP contribution in [0.25, 0.3) is 0 Å². The minimum absolute atomic E-state index is 0.0235. The van der Waals surface area contributed by atoms with E-state index in [0.717, 1.165) is 11.3 Å². The van der Waals surface area contributed by atoms with Crippen molar-refractivity contribution in [2.45, 2.75) is 6.04 Å². The van der Waals surface area contributed by atoms with E-state index in [2.05, 4.69) is 20.8 Å². The summed E-state index contributed by atoms with van der Waals surface area (Å²) in [7, 11) is 5.15. The lowest BCUT2D eigenvalue weighted by atomic mass is 9.89. The summed E-state index contributed by atoms with van der Waals surface area (Å²) in [5.74, 6) is -0.730. The molecule has 2 aromatic carbocycles. The summed E-state index contributed by atoms with van der Waals surface area (Å²) >= 11 is 0. The van der Waals surface area contributed by atoms with Crippen LogP contribution in [0.15, 0.2) is 65.9 Å². The van der Waals surface area contributed by atoms with E-state index in [-0.39, 0.29) is 23.0 Å². The third-order valence-corrected chi connectivity index (χ3v) is 4.91. The molecule has 0 spiro atoms. The SMILES string of the molecule is COC(=O)C1=C(C(=O)c2ccccc2)[C@@H](c2ccc(N(C)C)cc2)n2nnnc2N1. The first-order valence-electron chi connectivity index (χ1n) is 9.25. The molecule has 152 valence electrons. The van der Waals surface area contributed by atoms with Gasteiger partial charge in [-0.1, -0.05) is 47.6 Å². The Hall–Kier alpha value is -4.01. The van der Waals surface area contributed by atoms with Crippen molar-refractivity contribution in [1.82, 2.24) is 20.2 Å². The van der Waals surface area contributed by atoms with Gasteiger partial charge in [0.25, 0.3) is 0 Å². The highest BCUT2D eigenvalue weighted by Gasteiger charge is 2.38. The molecule has 0 saturated carbocycles. The first-order chi connectivity index (χ1) is 14.5. The minimum atomic E-state index is -0.700. The zero-order chi connectivity index (χ0) is 21.3. The van der Waals surface area contributed by atoms with Crippen molar-refractivity contribution < 1.29 is 14.3 Å². The highest BCUT2D eigenvalue weighted by Crippen LogP contribution is 2.37. The number of esters is 1. The van der Waals surface area contributed by atoms with Crippen molar-refractivity contribution >= 4 is 23.4 Å². The van der Waals surface area contributed by atoms with Crippen molar-refractivity contribution in [3.63, 3.8) is 0 Å². The van der Waals surface area contributed by atoms with Gasteiger partial charge < -0.3 is 15.0 Å². The summed E-state index contributed by atoms with van der Waals surface area (Å²) in [5.41, 5.74) is 2.44. The molecule has 3 aromatic rings. The molecule has 0 saturated heterocycles. The molecule has 1 atom stereocenters. The lowest BCUT2D eigenvalue weighted by molar-refractivity contribution is -0.136. The smallest absolute Gasteiger partial charge is 0.355 e. The van der Waals surface area contributed by atoms with Crippen LogP contribution < -0.4 is 10.2 Å². The number of hydrogen-bond donors (Lipinski definition) is 1. The first-order valence-corrected chi connectivity index (χ1v) is 9.25. The topological polar surface area (TPSA) is 102 Å². The van der Waals surface area contributed by atoms with Gasteiger partial charge in [-0.2, -0.15) is 4.68 Å². The van der Waals surface area contributed by atoms with Gasteiger partial charge in [0.2, 0.25) is 5.95 Å². The molecule has 2 heterocycles. The van der Waals surface area contributed by atoms with Crippen molar-refractivity contribution in [1.29, 1.82) is 0 Å². The molecule has 0 unspecified atom stereocenters. The van der Waals surface area contributed by atoms with Gasteiger partial charge in [0.15, 0.2) is 5.78 Å². The van der Waals surface area contributed by atoms with Crippen LogP contribution in [0.3, 0.4) is 0 Å². The number of allylic oxidation sites excluding steroid dienone is 1. The number of nitrogens with zero attached hydrogens (tertiary/aromatic N) is 5. The van der Waals surface area contributed by atoms with Crippen molar-refractivity contribution in [2.24, 2.45) is 0 Å². The van der Waals surface area contributed by atoms with Gasteiger partial charge in [-0.3, -0.25) is 4.79 Å². The highest BCUT2D eigenvalue weighted by atomic mass is 16.5. The van der Waals surface area contributed by atoms with E-state index < -0.39 is 12.0 Å². The molecule has 9 heteroatoms. The molecule has 30 heavy (non-hydrogen) atoms. The molecule has 1 N–H and O–H groups in total. The normalized spacial score (nSPS) is 15.2. The van der Waals surface area contributed by atoms with Gasteiger partial charge in [0, 0.05) is 25.3 Å². The fourth-order valence-electron chi connectivity index (χ4n) is 3.40. The summed E-state index contributed by atoms with van der Waals surface area (Å²) in [6, 6.07) is 15.7. The minimum Gasteiger partial charge on any atom is -0.464 e. The monoisotopic (exact) mass is 404 g/mol. The predicted molar refractivity (Wildman–Crippen MR) is 110 cm³/mol. The van der Waals surface area contributed by atoms with E-state index in [1.54, 1.807) is 24.3 Å². The molecule has 9 nitrogen and oxygen atoms in total. The second-order valence-corrected chi connectivity index (χ2v) is 6.94. The summed E-state index contributed by atoms with van der Waals surface area (Å²) in [5, 5.41) is 14.6. The largest absolute Gasteiger partial charge is 0.464 e. The van der Waals surface area contributed by atoms with Gasteiger partial charge >= 0.3 is 5.97 Å². The van der Waals surface area contributed by atoms with E-state index in [1.807, 2.05) is 49.3 Å². The van der Waals surface area contributed by atoms with E-state index in [9.17, 15) is 9.59 Å². The fourth-order valence-corrected chi connectivity index (χ4v) is 3.40. The van der Waals surface area contributed by atoms with Gasteiger partial charge in [-0.05, 0) is 28.1 Å². The van der Waals surface area contributed by atoms with Gasteiger partial charge in [0.05, 0.1) is 12.7 Å². The predicted octanol–water partition coefficient (Wildman–Crippen LogP) is 2.06. The van der Waals surface area contributed by atoms with Crippen LogP contribution >= 0.6 is 0 Å². The van der Waals surface area contributed by atoms with Crippen molar-refractivity contribution in [2.75, 3.05) is 31.4 Å². The Morgan fingerprint density at radius 2 is 1.77 bits per heavy atom. The number of methoxy groups -OCH3 is 1. The van der Waals surface area contributed by atoms with E-state index >= 15 is 0 Å². The van der Waals surface area contributed by atoms with Crippen LogP contribution in [0, 0.1) is 0 Å². The van der Waals surface area contributed by atoms with Gasteiger partial charge in [-0.25, -0.2) is 4.79 Å². The number of anilines is 2. The Morgan fingerprint density at radius 1 is 1.07 bits per heavy atom. The number of nitrogens with one attached hydrogen (secondary N) is 1. The van der Waals surface area contributed by atoms with Crippen LogP contribution in [0.2, 0.25) is 0 Å². The second kappa shape index (κ2) is 7.78. The Bertz CT molecular complexity index is 1120. The summed E-state index contributed by atoms with van der Waals surface area (Å²) < 4.78 is 6.43. The number of carbonyl (C=O) groups excluding carboxylic acids is 2. The number of benzene rings is 2. The molecule has 0 aliphatic carbocycles. The standard InChI is InChI=1S/C21H20N6O3/c1-26(2)15-11-9-13(10-12-15)18-16(19(28)14-7-5-4-6-8-14)17(20(29)30-3)22-21-23-24-25-27(18)21/h4-12,18H,1-3H3,(H,22,23,25)/t18-/m1/s1. The average Bonchev–Trinajstić information content (AvgIpc) is 3.26. The number of tetrazole rings is 1. The maximum Gasteiger partial charge on any atom is 0.355 e. The number of hydrogen-bond acceptors (Lipinski definition) is 8. The molecule has 1 aliphatic rings. The Morgan fingerprint density at radius 3 is 2.40 bits per heavy atom. The number of rotatable bonds is 5. The molecule has 1 aliphatic heterocycles. The van der Waals surface area contributed by atoms with Crippen LogP contribution in [0.5, 0.6) is 0 Å². The molecule has 0 amide bonds. The Kier molecular flexibility index (Phi) is 5.01.